The number of nitrogens with zero attached hydrogens (tertiary/aromatic N) is 2. The van der Waals surface area contributed by atoms with Gasteiger partial charge < -0.3 is 10.2 Å². The lowest BCUT2D eigenvalue weighted by atomic mass is 10.0. The van der Waals surface area contributed by atoms with Crippen molar-refractivity contribution in [2.45, 2.75) is 32.9 Å². The van der Waals surface area contributed by atoms with Crippen molar-refractivity contribution >= 4 is 39.1 Å². The molecule has 0 bridgehead atoms. The fourth-order valence-corrected chi connectivity index (χ4v) is 5.03. The number of benzene rings is 3. The average molecular weight is 574 g/mol. The van der Waals surface area contributed by atoms with Gasteiger partial charge in [0.1, 0.15) is 18.4 Å². The van der Waals surface area contributed by atoms with E-state index in [4.69, 9.17) is 11.6 Å². The van der Waals surface area contributed by atoms with Crippen molar-refractivity contribution in [3.8, 4) is 0 Å². The second kappa shape index (κ2) is 13.6. The van der Waals surface area contributed by atoms with Gasteiger partial charge in [0.05, 0.1) is 17.0 Å². The molecule has 1 atom stereocenters. The first kappa shape index (κ1) is 30.1. The monoisotopic (exact) mass is 573 g/mol. The third-order valence-corrected chi connectivity index (χ3v) is 7.45. The Labute approximate surface area is 234 Å². The molecule has 3 aromatic carbocycles. The van der Waals surface area contributed by atoms with Gasteiger partial charge in [-0.15, -0.1) is 0 Å². The summed E-state index contributed by atoms with van der Waals surface area (Å²) in [6.07, 6.45) is 1.18. The molecule has 1 N–H and O–H groups in total. The van der Waals surface area contributed by atoms with Crippen molar-refractivity contribution in [1.82, 2.24) is 10.2 Å². The molecule has 0 unspecified atom stereocenters. The maximum absolute atomic E-state index is 13.9. The van der Waals surface area contributed by atoms with Crippen molar-refractivity contribution in [2.24, 2.45) is 5.92 Å². The predicted molar refractivity (Wildman–Crippen MR) is 152 cm³/mol. The van der Waals surface area contributed by atoms with E-state index in [-0.39, 0.29) is 35.5 Å². The summed E-state index contributed by atoms with van der Waals surface area (Å²) in [7, 11) is -3.97. The van der Waals surface area contributed by atoms with Gasteiger partial charge in [-0.25, -0.2) is 12.8 Å². The Kier molecular flexibility index (Phi) is 10.5. The van der Waals surface area contributed by atoms with Gasteiger partial charge in [0, 0.05) is 19.5 Å². The van der Waals surface area contributed by atoms with Crippen LogP contribution >= 0.6 is 11.6 Å². The van der Waals surface area contributed by atoms with E-state index in [1.54, 1.807) is 0 Å². The molecular weight excluding hydrogens is 541 g/mol. The van der Waals surface area contributed by atoms with Gasteiger partial charge in [-0.3, -0.25) is 13.9 Å². The number of amides is 2. The number of hydrogen-bond donors (Lipinski definition) is 1. The number of carbonyl (C=O) groups is 2. The van der Waals surface area contributed by atoms with Crippen molar-refractivity contribution in [1.29, 1.82) is 0 Å². The van der Waals surface area contributed by atoms with Gasteiger partial charge in [0.25, 0.3) is 0 Å². The van der Waals surface area contributed by atoms with Gasteiger partial charge in [-0.2, -0.15) is 0 Å². The Balaban J connectivity index is 2.03. The van der Waals surface area contributed by atoms with E-state index in [0.717, 1.165) is 33.8 Å². The molecule has 0 fully saturated rings. The maximum atomic E-state index is 13.9. The first-order chi connectivity index (χ1) is 18.5. The maximum Gasteiger partial charge on any atom is 0.244 e. The number of hydrogen-bond acceptors (Lipinski definition) is 4. The second-order valence-electron chi connectivity index (χ2n) is 9.72. The van der Waals surface area contributed by atoms with E-state index in [2.05, 4.69) is 5.32 Å². The van der Waals surface area contributed by atoms with Gasteiger partial charge in [0.2, 0.25) is 21.8 Å². The van der Waals surface area contributed by atoms with Gasteiger partial charge in [0.15, 0.2) is 0 Å². The SMILES string of the molecule is CC(C)CNC(=O)[C@@H](Cc1ccccc1)N(Cc1ccccc1)C(=O)CN(c1ccc(F)c(Cl)c1)S(C)(=O)=O. The summed E-state index contributed by atoms with van der Waals surface area (Å²) in [5, 5.41) is 2.66. The molecule has 3 aromatic rings. The number of halogens is 2. The fourth-order valence-electron chi connectivity index (χ4n) is 4.01. The topological polar surface area (TPSA) is 86.8 Å². The van der Waals surface area contributed by atoms with E-state index in [0.29, 0.717) is 6.54 Å². The smallest absolute Gasteiger partial charge is 0.244 e. The minimum atomic E-state index is -3.97. The Morgan fingerprint density at radius 1 is 0.949 bits per heavy atom. The van der Waals surface area contributed by atoms with Gasteiger partial charge in [-0.1, -0.05) is 86.1 Å². The molecule has 0 radical (unpaired) electrons. The summed E-state index contributed by atoms with van der Waals surface area (Å²) >= 11 is 5.91. The van der Waals surface area contributed by atoms with Gasteiger partial charge in [-0.05, 0) is 35.2 Å². The number of rotatable bonds is 12. The molecule has 10 heteroatoms. The highest BCUT2D eigenvalue weighted by Crippen LogP contribution is 2.25. The first-order valence-electron chi connectivity index (χ1n) is 12.5. The van der Waals surface area contributed by atoms with Crippen molar-refractivity contribution in [3.05, 3.63) is 101 Å². The number of nitrogens with one attached hydrogen (secondary N) is 1. The van der Waals surface area contributed by atoms with E-state index in [1.807, 2.05) is 74.5 Å². The van der Waals surface area contributed by atoms with Gasteiger partial charge >= 0.3 is 0 Å². The van der Waals surface area contributed by atoms with Crippen LogP contribution in [0.3, 0.4) is 0 Å². The summed E-state index contributed by atoms with van der Waals surface area (Å²) in [4.78, 5) is 28.9. The molecule has 0 saturated carbocycles. The Hall–Kier alpha value is -3.43. The molecule has 0 aromatic heterocycles. The molecule has 2 amide bonds. The zero-order valence-electron chi connectivity index (χ0n) is 22.2. The third-order valence-electron chi connectivity index (χ3n) is 6.02. The summed E-state index contributed by atoms with van der Waals surface area (Å²) in [5.74, 6) is -1.46. The lowest BCUT2D eigenvalue weighted by Crippen LogP contribution is -2.53. The molecule has 0 spiro atoms. The van der Waals surface area contributed by atoms with Crippen LogP contribution < -0.4 is 9.62 Å². The molecule has 208 valence electrons. The van der Waals surface area contributed by atoms with Crippen LogP contribution in [0.15, 0.2) is 78.9 Å². The van der Waals surface area contributed by atoms with Crippen LogP contribution in [-0.4, -0.2) is 50.5 Å². The van der Waals surface area contributed by atoms with Crippen molar-refractivity contribution in [3.63, 3.8) is 0 Å². The van der Waals surface area contributed by atoms with Crippen LogP contribution in [0, 0.1) is 11.7 Å². The van der Waals surface area contributed by atoms with Crippen LogP contribution in [0.5, 0.6) is 0 Å². The summed E-state index contributed by atoms with van der Waals surface area (Å²) < 4.78 is 40.2. The van der Waals surface area contributed by atoms with E-state index in [1.165, 1.54) is 11.0 Å². The van der Waals surface area contributed by atoms with E-state index >= 15 is 0 Å². The lowest BCUT2D eigenvalue weighted by Gasteiger charge is -2.33. The molecule has 0 heterocycles. The molecule has 39 heavy (non-hydrogen) atoms. The highest BCUT2D eigenvalue weighted by molar-refractivity contribution is 7.92. The van der Waals surface area contributed by atoms with Crippen molar-refractivity contribution < 1.29 is 22.4 Å². The van der Waals surface area contributed by atoms with Crippen LogP contribution in [0.1, 0.15) is 25.0 Å². The number of carbonyl (C=O) groups excluding carboxylic acids is 2. The van der Waals surface area contributed by atoms with Crippen LogP contribution in [0.25, 0.3) is 0 Å². The van der Waals surface area contributed by atoms with Crippen molar-refractivity contribution in [2.75, 3.05) is 23.7 Å². The highest BCUT2D eigenvalue weighted by atomic mass is 35.5. The quantitative estimate of drug-likeness (QED) is 0.341. The molecule has 3 rings (SSSR count). The number of anilines is 1. The van der Waals surface area contributed by atoms with E-state index < -0.39 is 34.3 Å². The molecule has 7 nitrogen and oxygen atoms in total. The first-order valence-corrected chi connectivity index (χ1v) is 14.8. The zero-order chi connectivity index (χ0) is 28.6. The van der Waals surface area contributed by atoms with Crippen LogP contribution in [0.4, 0.5) is 10.1 Å². The highest BCUT2D eigenvalue weighted by Gasteiger charge is 2.33. The largest absolute Gasteiger partial charge is 0.354 e. The molecule has 0 aliphatic carbocycles. The summed E-state index contributed by atoms with van der Waals surface area (Å²) in [5.41, 5.74) is 1.66. The third kappa shape index (κ3) is 8.80. The summed E-state index contributed by atoms with van der Waals surface area (Å²) in [6, 6.07) is 21.0. The van der Waals surface area contributed by atoms with Crippen LogP contribution in [-0.2, 0) is 32.6 Å². The molecule has 0 saturated heterocycles. The zero-order valence-corrected chi connectivity index (χ0v) is 23.8. The average Bonchev–Trinajstić information content (AvgIpc) is 2.90. The minimum absolute atomic E-state index is 0.0424. The molecule has 0 aliphatic heterocycles. The standard InChI is InChI=1S/C29H33ClFN3O4S/c1-21(2)18-32-29(36)27(16-22-10-6-4-7-11-22)33(19-23-12-8-5-9-13-23)28(35)20-34(39(3,37)38)24-14-15-26(31)25(30)17-24/h4-15,17,21,27H,16,18-20H2,1-3H3,(H,32,36)/t27-/m1/s1. The normalized spacial score (nSPS) is 12.2. The van der Waals surface area contributed by atoms with E-state index in [9.17, 15) is 22.4 Å². The Morgan fingerprint density at radius 2 is 1.54 bits per heavy atom. The lowest BCUT2D eigenvalue weighted by molar-refractivity contribution is -0.140. The fraction of sp³-hybridized carbons (Fsp3) is 0.310. The second-order valence-corrected chi connectivity index (χ2v) is 12.0. The minimum Gasteiger partial charge on any atom is -0.354 e. The molecule has 0 aliphatic rings. The molecular formula is C29H33ClFN3O4S. The predicted octanol–water partition coefficient (Wildman–Crippen LogP) is 4.66. The summed E-state index contributed by atoms with van der Waals surface area (Å²) in [6.45, 7) is 3.83. The Bertz CT molecular complexity index is 1370. The Morgan fingerprint density at radius 3 is 2.08 bits per heavy atom. The van der Waals surface area contributed by atoms with Crippen LogP contribution in [0.2, 0.25) is 5.02 Å². The number of sulfonamides is 1.